The second kappa shape index (κ2) is 10.6. The number of nitrogens with one attached hydrogen (secondary N) is 1. The Labute approximate surface area is 195 Å². The van der Waals surface area contributed by atoms with Crippen LogP contribution in [0.25, 0.3) is 0 Å². The van der Waals surface area contributed by atoms with Gasteiger partial charge in [0.15, 0.2) is 5.16 Å². The van der Waals surface area contributed by atoms with Crippen LogP contribution in [-0.2, 0) is 23.0 Å². The van der Waals surface area contributed by atoms with Gasteiger partial charge in [0, 0.05) is 18.3 Å². The van der Waals surface area contributed by atoms with E-state index in [1.165, 1.54) is 23.1 Å². The number of carbonyl (C=O) groups excluding carboxylic acids is 2. The molecule has 3 rings (SSSR count). The third-order valence-corrected chi connectivity index (χ3v) is 7.04. The summed E-state index contributed by atoms with van der Waals surface area (Å²) in [5.74, 6) is 1.10. The number of aromatic nitrogens is 3. The topological polar surface area (TPSA) is 95.3 Å². The van der Waals surface area contributed by atoms with Crippen LogP contribution in [0.3, 0.4) is 0 Å². The molecule has 0 saturated heterocycles. The van der Waals surface area contributed by atoms with Crippen LogP contribution < -0.4 is 10.1 Å². The maximum absolute atomic E-state index is 12.6. The first-order chi connectivity index (χ1) is 15.3. The number of rotatable bonds is 9. The zero-order chi connectivity index (χ0) is 23.3. The van der Waals surface area contributed by atoms with Crippen molar-refractivity contribution in [3.8, 4) is 5.75 Å². The van der Waals surface area contributed by atoms with E-state index in [1.807, 2.05) is 49.7 Å². The highest BCUT2D eigenvalue weighted by atomic mass is 32.2. The Morgan fingerprint density at radius 2 is 1.91 bits per heavy atom. The Bertz CT molecular complexity index is 1110. The Kier molecular flexibility index (Phi) is 7.92. The molecule has 3 aromatic rings. The van der Waals surface area contributed by atoms with Crippen LogP contribution >= 0.6 is 23.1 Å². The summed E-state index contributed by atoms with van der Waals surface area (Å²) in [5.41, 5.74) is 2.34. The molecule has 8 nitrogen and oxygen atoms in total. The van der Waals surface area contributed by atoms with Crippen molar-refractivity contribution in [2.75, 3.05) is 24.8 Å². The van der Waals surface area contributed by atoms with Crippen molar-refractivity contribution >= 4 is 40.0 Å². The van der Waals surface area contributed by atoms with Crippen molar-refractivity contribution in [1.82, 2.24) is 14.8 Å². The highest BCUT2D eigenvalue weighted by Crippen LogP contribution is 2.33. The van der Waals surface area contributed by atoms with Gasteiger partial charge in [-0.1, -0.05) is 23.9 Å². The maximum atomic E-state index is 12.6. The number of aryl methyl sites for hydroxylation is 1. The summed E-state index contributed by atoms with van der Waals surface area (Å²) in [6.07, 6.45) is 0.622. The van der Waals surface area contributed by atoms with E-state index in [9.17, 15) is 9.59 Å². The minimum absolute atomic E-state index is 0.146. The molecule has 0 bridgehead atoms. The predicted octanol–water partition coefficient (Wildman–Crippen LogP) is 4.00. The lowest BCUT2D eigenvalue weighted by molar-refractivity contribution is -0.113. The van der Waals surface area contributed by atoms with Crippen molar-refractivity contribution in [1.29, 1.82) is 0 Å². The van der Waals surface area contributed by atoms with E-state index in [0.29, 0.717) is 22.1 Å². The zero-order valence-electron chi connectivity index (χ0n) is 18.7. The number of ether oxygens (including phenoxy) is 2. The van der Waals surface area contributed by atoms with E-state index in [4.69, 9.17) is 9.47 Å². The molecule has 0 saturated carbocycles. The average Bonchev–Trinajstić information content (AvgIpc) is 3.25. The van der Waals surface area contributed by atoms with Crippen LogP contribution in [0.5, 0.6) is 5.75 Å². The lowest BCUT2D eigenvalue weighted by Crippen LogP contribution is -2.16. The molecular weight excluding hydrogens is 448 g/mol. The lowest BCUT2D eigenvalue weighted by atomic mass is 10.1. The highest BCUT2D eigenvalue weighted by Gasteiger charge is 2.22. The number of thioether (sulfide) groups is 1. The van der Waals surface area contributed by atoms with Crippen molar-refractivity contribution in [3.05, 3.63) is 51.7 Å². The van der Waals surface area contributed by atoms with Crippen LogP contribution in [0.15, 0.2) is 29.4 Å². The number of anilines is 1. The Morgan fingerprint density at radius 3 is 2.56 bits per heavy atom. The fourth-order valence-electron chi connectivity index (χ4n) is 3.01. The van der Waals surface area contributed by atoms with Gasteiger partial charge in [0.25, 0.3) is 0 Å². The summed E-state index contributed by atoms with van der Waals surface area (Å²) < 4.78 is 12.2. The summed E-state index contributed by atoms with van der Waals surface area (Å²) in [7, 11) is 3.51. The van der Waals surface area contributed by atoms with Gasteiger partial charge in [-0.15, -0.1) is 21.5 Å². The third-order valence-electron chi connectivity index (χ3n) is 4.90. The van der Waals surface area contributed by atoms with Crippen LogP contribution in [0.4, 0.5) is 5.00 Å². The van der Waals surface area contributed by atoms with Crippen molar-refractivity contribution in [2.24, 2.45) is 7.05 Å². The van der Waals surface area contributed by atoms with E-state index in [1.54, 1.807) is 14.0 Å². The summed E-state index contributed by atoms with van der Waals surface area (Å²) >= 11 is 2.67. The molecule has 1 aromatic carbocycles. The second-order valence-corrected chi connectivity index (χ2v) is 9.19. The van der Waals surface area contributed by atoms with E-state index in [-0.39, 0.29) is 18.3 Å². The molecule has 0 radical (unpaired) electrons. The van der Waals surface area contributed by atoms with Crippen molar-refractivity contribution in [2.45, 2.75) is 32.3 Å². The molecule has 1 amide bonds. The summed E-state index contributed by atoms with van der Waals surface area (Å²) in [6, 6.07) is 7.79. The summed E-state index contributed by atoms with van der Waals surface area (Å²) in [4.78, 5) is 25.8. The lowest BCUT2D eigenvalue weighted by Gasteiger charge is -2.07. The van der Waals surface area contributed by atoms with Gasteiger partial charge in [-0.05, 0) is 44.0 Å². The van der Waals surface area contributed by atoms with Crippen LogP contribution in [0, 0.1) is 13.8 Å². The zero-order valence-corrected chi connectivity index (χ0v) is 20.4. The maximum Gasteiger partial charge on any atom is 0.341 e. The number of carbonyl (C=O) groups is 2. The molecular formula is C22H26N4O4S2. The number of amides is 1. The smallest absolute Gasteiger partial charge is 0.341 e. The predicted molar refractivity (Wildman–Crippen MR) is 126 cm³/mol. The molecule has 0 unspecified atom stereocenters. The van der Waals surface area contributed by atoms with Crippen LogP contribution in [-0.4, -0.2) is 46.1 Å². The molecule has 0 atom stereocenters. The molecule has 1 N–H and O–H groups in total. The van der Waals surface area contributed by atoms with E-state index < -0.39 is 5.97 Å². The summed E-state index contributed by atoms with van der Waals surface area (Å²) in [6.45, 7) is 5.80. The number of esters is 1. The number of nitrogens with zero attached hydrogens (tertiary/aromatic N) is 3. The molecule has 2 aromatic heterocycles. The molecule has 0 aliphatic rings. The van der Waals surface area contributed by atoms with Gasteiger partial charge in [0.05, 0.1) is 25.0 Å². The molecule has 0 fully saturated rings. The minimum atomic E-state index is -0.422. The Balaban J connectivity index is 1.62. The van der Waals surface area contributed by atoms with Gasteiger partial charge in [-0.3, -0.25) is 4.79 Å². The van der Waals surface area contributed by atoms with Gasteiger partial charge in [0.2, 0.25) is 5.91 Å². The molecule has 0 aliphatic heterocycles. The Hall–Kier alpha value is -2.85. The van der Waals surface area contributed by atoms with Gasteiger partial charge < -0.3 is 19.4 Å². The number of hydrogen-bond acceptors (Lipinski definition) is 8. The fourth-order valence-corrected chi connectivity index (χ4v) is 4.80. The first-order valence-corrected chi connectivity index (χ1v) is 11.8. The first-order valence-electron chi connectivity index (χ1n) is 10.0. The van der Waals surface area contributed by atoms with Crippen LogP contribution in [0.2, 0.25) is 0 Å². The minimum Gasteiger partial charge on any atom is -0.497 e. The number of thiophene rings is 1. The van der Waals surface area contributed by atoms with Crippen molar-refractivity contribution in [3.63, 3.8) is 0 Å². The SMILES string of the molecule is CCOC(=O)c1c(NC(=O)CSc2nnc(Cc3ccc(OC)cc3)n2C)sc(C)c1C. The molecule has 32 heavy (non-hydrogen) atoms. The number of benzene rings is 1. The van der Waals surface area contributed by atoms with E-state index >= 15 is 0 Å². The standard InChI is InChI=1S/C22H26N4O4S2/c1-6-30-21(28)19-13(2)14(3)32-20(19)23-18(27)12-31-22-25-24-17(26(22)4)11-15-7-9-16(29-5)10-8-15/h7-10H,6,11-12H2,1-5H3,(H,23,27). The summed E-state index contributed by atoms with van der Waals surface area (Å²) in [5, 5.41) is 12.5. The molecule has 170 valence electrons. The average molecular weight is 475 g/mol. The molecule has 2 heterocycles. The van der Waals surface area contributed by atoms with E-state index in [0.717, 1.165) is 27.6 Å². The normalized spacial score (nSPS) is 10.8. The molecule has 0 aliphatic carbocycles. The monoisotopic (exact) mass is 474 g/mol. The first kappa shape index (κ1) is 23.8. The van der Waals surface area contributed by atoms with Gasteiger partial charge in [-0.2, -0.15) is 0 Å². The van der Waals surface area contributed by atoms with Gasteiger partial charge in [-0.25, -0.2) is 4.79 Å². The quantitative estimate of drug-likeness (QED) is 0.370. The van der Waals surface area contributed by atoms with Crippen molar-refractivity contribution < 1.29 is 19.1 Å². The fraction of sp³-hybridized carbons (Fsp3) is 0.364. The second-order valence-electron chi connectivity index (χ2n) is 7.03. The number of methoxy groups -OCH3 is 1. The molecule has 10 heteroatoms. The van der Waals surface area contributed by atoms with Gasteiger partial charge in [0.1, 0.15) is 16.6 Å². The third kappa shape index (κ3) is 5.49. The molecule has 0 spiro atoms. The Morgan fingerprint density at radius 1 is 1.19 bits per heavy atom. The van der Waals surface area contributed by atoms with E-state index in [2.05, 4.69) is 15.5 Å². The van der Waals surface area contributed by atoms with Crippen LogP contribution in [0.1, 0.15) is 39.1 Å². The highest BCUT2D eigenvalue weighted by molar-refractivity contribution is 7.99. The largest absolute Gasteiger partial charge is 0.497 e. The number of hydrogen-bond donors (Lipinski definition) is 1. The van der Waals surface area contributed by atoms with Gasteiger partial charge >= 0.3 is 5.97 Å².